The monoisotopic (exact) mass is 370 g/mol. The number of pyridine rings is 1. The van der Waals surface area contributed by atoms with E-state index in [0.29, 0.717) is 25.7 Å². The number of hydrogen-bond acceptors (Lipinski definition) is 4. The summed E-state index contributed by atoms with van der Waals surface area (Å²) in [4.78, 5) is 28.6. The van der Waals surface area contributed by atoms with Crippen molar-refractivity contribution in [2.45, 2.75) is 36.3 Å². The van der Waals surface area contributed by atoms with Gasteiger partial charge in [0, 0.05) is 34.6 Å². The second kappa shape index (κ2) is 8.85. The van der Waals surface area contributed by atoms with Crippen molar-refractivity contribution >= 4 is 29.3 Å². The fourth-order valence-corrected chi connectivity index (χ4v) is 3.96. The first-order valence-corrected chi connectivity index (χ1v) is 9.76. The van der Waals surface area contributed by atoms with E-state index >= 15 is 0 Å². The SMILES string of the molecule is O=C(O)C1CCC(C(=O)Nc2ccc(SCc3cccnc3)cc2)CC1. The Morgan fingerprint density at radius 2 is 1.77 bits per heavy atom. The average molecular weight is 370 g/mol. The zero-order chi connectivity index (χ0) is 18.4. The van der Waals surface area contributed by atoms with Gasteiger partial charge < -0.3 is 10.4 Å². The Labute approximate surface area is 157 Å². The van der Waals surface area contributed by atoms with Crippen molar-refractivity contribution in [3.63, 3.8) is 0 Å². The first kappa shape index (κ1) is 18.5. The molecular formula is C20H22N2O3S. The maximum atomic E-state index is 12.4. The molecule has 1 heterocycles. The van der Waals surface area contributed by atoms with E-state index in [1.54, 1.807) is 18.0 Å². The number of carboxylic acid groups (broad SMARTS) is 1. The highest BCUT2D eigenvalue weighted by Crippen LogP contribution is 2.30. The summed E-state index contributed by atoms with van der Waals surface area (Å²) in [6.45, 7) is 0. The molecule has 1 amide bonds. The van der Waals surface area contributed by atoms with Gasteiger partial charge in [-0.1, -0.05) is 6.07 Å². The van der Waals surface area contributed by atoms with Crippen molar-refractivity contribution in [2.75, 3.05) is 5.32 Å². The van der Waals surface area contributed by atoms with Gasteiger partial charge in [-0.2, -0.15) is 0 Å². The number of carboxylic acids is 1. The van der Waals surface area contributed by atoms with Gasteiger partial charge in [-0.3, -0.25) is 14.6 Å². The third kappa shape index (κ3) is 5.08. The van der Waals surface area contributed by atoms with Gasteiger partial charge in [0.25, 0.3) is 0 Å². The van der Waals surface area contributed by atoms with Gasteiger partial charge in [0.15, 0.2) is 0 Å². The van der Waals surface area contributed by atoms with Crippen LogP contribution in [0.2, 0.25) is 0 Å². The van der Waals surface area contributed by atoms with Gasteiger partial charge in [-0.05, 0) is 61.6 Å². The van der Waals surface area contributed by atoms with E-state index in [9.17, 15) is 9.59 Å². The molecule has 1 saturated carbocycles. The Morgan fingerprint density at radius 1 is 1.08 bits per heavy atom. The lowest BCUT2D eigenvalue weighted by Gasteiger charge is -2.25. The van der Waals surface area contributed by atoms with E-state index < -0.39 is 5.97 Å². The third-order valence-electron chi connectivity index (χ3n) is 4.70. The lowest BCUT2D eigenvalue weighted by atomic mass is 9.81. The summed E-state index contributed by atoms with van der Waals surface area (Å²) in [5.41, 5.74) is 1.95. The van der Waals surface area contributed by atoms with Crippen LogP contribution in [-0.4, -0.2) is 22.0 Å². The minimum atomic E-state index is -0.747. The highest BCUT2D eigenvalue weighted by atomic mass is 32.2. The minimum absolute atomic E-state index is 0.00963. The Balaban J connectivity index is 1.48. The fraction of sp³-hybridized carbons (Fsp3) is 0.350. The van der Waals surface area contributed by atoms with Crippen LogP contribution in [0.1, 0.15) is 31.2 Å². The molecule has 0 spiro atoms. The van der Waals surface area contributed by atoms with Gasteiger partial charge >= 0.3 is 5.97 Å². The number of nitrogens with zero attached hydrogens (tertiary/aromatic N) is 1. The lowest BCUT2D eigenvalue weighted by Crippen LogP contribution is -2.29. The summed E-state index contributed by atoms with van der Waals surface area (Å²) in [6.07, 6.45) is 6.07. The maximum Gasteiger partial charge on any atom is 0.306 e. The number of rotatable bonds is 6. The van der Waals surface area contributed by atoms with Crippen LogP contribution in [0, 0.1) is 11.8 Å². The van der Waals surface area contributed by atoms with E-state index in [-0.39, 0.29) is 17.7 Å². The van der Waals surface area contributed by atoms with Crippen molar-refractivity contribution in [1.29, 1.82) is 0 Å². The predicted octanol–water partition coefficient (Wildman–Crippen LogP) is 4.20. The van der Waals surface area contributed by atoms with E-state index in [4.69, 9.17) is 5.11 Å². The number of carbonyl (C=O) groups excluding carboxylic acids is 1. The van der Waals surface area contributed by atoms with Gasteiger partial charge in [0.1, 0.15) is 0 Å². The van der Waals surface area contributed by atoms with E-state index in [1.807, 2.05) is 42.6 Å². The highest BCUT2D eigenvalue weighted by molar-refractivity contribution is 7.98. The Bertz CT molecular complexity index is 741. The maximum absolute atomic E-state index is 12.4. The fourth-order valence-electron chi connectivity index (χ4n) is 3.13. The molecule has 26 heavy (non-hydrogen) atoms. The molecule has 5 nitrogen and oxygen atoms in total. The molecule has 1 aromatic carbocycles. The molecule has 1 aromatic heterocycles. The standard InChI is InChI=1S/C20H22N2O3S/c23-19(15-3-5-16(6-4-15)20(24)25)22-17-7-9-18(10-8-17)26-13-14-2-1-11-21-12-14/h1-2,7-12,15-16H,3-6,13H2,(H,22,23)(H,24,25). The third-order valence-corrected chi connectivity index (χ3v) is 5.78. The zero-order valence-electron chi connectivity index (χ0n) is 14.4. The molecule has 0 aliphatic heterocycles. The molecule has 6 heteroatoms. The van der Waals surface area contributed by atoms with E-state index in [0.717, 1.165) is 16.3 Å². The molecule has 1 fully saturated rings. The second-order valence-corrected chi connectivity index (χ2v) is 7.60. The topological polar surface area (TPSA) is 79.3 Å². The van der Waals surface area contributed by atoms with Crippen LogP contribution < -0.4 is 5.32 Å². The molecule has 3 rings (SSSR count). The Hall–Kier alpha value is -2.34. The van der Waals surface area contributed by atoms with Crippen molar-refractivity contribution in [2.24, 2.45) is 11.8 Å². The second-order valence-electron chi connectivity index (χ2n) is 6.55. The molecule has 0 bridgehead atoms. The van der Waals surface area contributed by atoms with Crippen molar-refractivity contribution in [1.82, 2.24) is 4.98 Å². The Morgan fingerprint density at radius 3 is 2.38 bits per heavy atom. The van der Waals surface area contributed by atoms with Crippen molar-refractivity contribution < 1.29 is 14.7 Å². The van der Waals surface area contributed by atoms with Gasteiger partial charge in [-0.25, -0.2) is 0 Å². The number of anilines is 1. The predicted molar refractivity (Wildman–Crippen MR) is 102 cm³/mol. The molecule has 1 aliphatic rings. The summed E-state index contributed by atoms with van der Waals surface area (Å²) in [6, 6.07) is 11.8. The number of hydrogen-bond donors (Lipinski definition) is 2. The van der Waals surface area contributed by atoms with Crippen LogP contribution in [0.25, 0.3) is 0 Å². The van der Waals surface area contributed by atoms with Crippen LogP contribution in [0.4, 0.5) is 5.69 Å². The largest absolute Gasteiger partial charge is 0.481 e. The van der Waals surface area contributed by atoms with Crippen molar-refractivity contribution in [3.8, 4) is 0 Å². The molecule has 0 saturated heterocycles. The van der Waals surface area contributed by atoms with Crippen LogP contribution >= 0.6 is 11.8 Å². The van der Waals surface area contributed by atoms with Crippen LogP contribution in [0.3, 0.4) is 0 Å². The van der Waals surface area contributed by atoms with Gasteiger partial charge in [0.05, 0.1) is 5.92 Å². The molecule has 136 valence electrons. The quantitative estimate of drug-likeness (QED) is 0.745. The summed E-state index contributed by atoms with van der Waals surface area (Å²) in [5.74, 6) is -0.292. The molecule has 2 aromatic rings. The van der Waals surface area contributed by atoms with Crippen LogP contribution in [0.15, 0.2) is 53.7 Å². The van der Waals surface area contributed by atoms with Crippen LogP contribution in [0.5, 0.6) is 0 Å². The normalized spacial score (nSPS) is 19.7. The lowest BCUT2D eigenvalue weighted by molar-refractivity contribution is -0.143. The molecule has 0 atom stereocenters. The summed E-state index contributed by atoms with van der Waals surface area (Å²) in [5, 5.41) is 12.0. The number of benzene rings is 1. The molecule has 0 unspecified atom stereocenters. The van der Waals surface area contributed by atoms with Crippen molar-refractivity contribution in [3.05, 3.63) is 54.4 Å². The number of carbonyl (C=O) groups is 2. The number of amides is 1. The number of thioether (sulfide) groups is 1. The number of nitrogens with one attached hydrogen (secondary N) is 1. The van der Waals surface area contributed by atoms with Gasteiger partial charge in [-0.15, -0.1) is 11.8 Å². The summed E-state index contributed by atoms with van der Waals surface area (Å²) >= 11 is 1.72. The number of aliphatic carboxylic acids is 1. The first-order chi connectivity index (χ1) is 12.6. The molecule has 1 aliphatic carbocycles. The molecule has 0 radical (unpaired) electrons. The zero-order valence-corrected chi connectivity index (χ0v) is 15.2. The van der Waals surface area contributed by atoms with Gasteiger partial charge in [0.2, 0.25) is 5.91 Å². The smallest absolute Gasteiger partial charge is 0.306 e. The minimum Gasteiger partial charge on any atom is -0.481 e. The average Bonchev–Trinajstić information content (AvgIpc) is 2.68. The van der Waals surface area contributed by atoms with Crippen LogP contribution in [-0.2, 0) is 15.3 Å². The first-order valence-electron chi connectivity index (χ1n) is 8.77. The van der Waals surface area contributed by atoms with E-state index in [1.165, 1.54) is 5.56 Å². The molecule has 2 N–H and O–H groups in total. The number of aromatic nitrogens is 1. The Kier molecular flexibility index (Phi) is 6.28. The highest BCUT2D eigenvalue weighted by Gasteiger charge is 2.29. The van der Waals surface area contributed by atoms with E-state index in [2.05, 4.69) is 10.3 Å². The summed E-state index contributed by atoms with van der Waals surface area (Å²) in [7, 11) is 0. The summed E-state index contributed by atoms with van der Waals surface area (Å²) < 4.78 is 0. The molecular weight excluding hydrogens is 348 g/mol.